The van der Waals surface area contributed by atoms with Crippen LogP contribution in [-0.4, -0.2) is 34.6 Å². The van der Waals surface area contributed by atoms with E-state index in [9.17, 15) is 9.59 Å². The average molecular weight is 598 g/mol. The number of rotatable bonds is 6. The van der Waals surface area contributed by atoms with Crippen LogP contribution in [0.4, 0.5) is 0 Å². The van der Waals surface area contributed by atoms with Gasteiger partial charge in [-0.15, -0.1) is 0 Å². The summed E-state index contributed by atoms with van der Waals surface area (Å²) in [7, 11) is 1.59. The van der Waals surface area contributed by atoms with Crippen LogP contribution in [0.2, 0.25) is 0 Å². The molecule has 2 heterocycles. The van der Waals surface area contributed by atoms with Gasteiger partial charge in [-0.3, -0.25) is 9.59 Å². The zero-order valence-electron chi connectivity index (χ0n) is 22.6. The maximum Gasteiger partial charge on any atom is 0.204 e. The monoisotopic (exact) mass is 596 g/mol. The van der Waals surface area contributed by atoms with Crippen LogP contribution in [0.3, 0.4) is 0 Å². The summed E-state index contributed by atoms with van der Waals surface area (Å²) in [6.45, 7) is 4.12. The van der Waals surface area contributed by atoms with Crippen molar-refractivity contribution in [2.45, 2.75) is 38.7 Å². The third-order valence-electron chi connectivity index (χ3n) is 7.61. The van der Waals surface area contributed by atoms with Crippen molar-refractivity contribution in [2.75, 3.05) is 7.11 Å². The normalized spacial score (nSPS) is 19.8. The van der Waals surface area contributed by atoms with Crippen LogP contribution in [0.25, 0.3) is 16.9 Å². The smallest absolute Gasteiger partial charge is 0.204 e. The van der Waals surface area contributed by atoms with E-state index in [2.05, 4.69) is 29.8 Å². The van der Waals surface area contributed by atoms with E-state index in [1.165, 1.54) is 0 Å². The highest BCUT2D eigenvalue weighted by atomic mass is 79.9. The molecule has 1 aromatic heterocycles. The van der Waals surface area contributed by atoms with Gasteiger partial charge in [-0.2, -0.15) is 5.10 Å². The molecule has 3 aromatic carbocycles. The SMILES string of the molecule is COc1ccc(C(=O)[C@H]2OC3=C(C(=O)CC(C)(C)C3)[C@@H]2c2cn(-c3ccccc3)nc2-c2ccc(Br)cc2)cc1. The maximum absolute atomic E-state index is 14.1. The summed E-state index contributed by atoms with van der Waals surface area (Å²) in [5.41, 5.74) is 4.12. The van der Waals surface area contributed by atoms with Crippen LogP contribution in [0.5, 0.6) is 5.75 Å². The van der Waals surface area contributed by atoms with E-state index in [1.807, 2.05) is 65.5 Å². The molecule has 6 nitrogen and oxygen atoms in total. The molecule has 0 spiro atoms. The maximum atomic E-state index is 14.1. The number of nitrogens with zero attached hydrogens (tertiary/aromatic N) is 2. The standard InChI is InChI=1S/C33H29BrN2O4/c1-33(2)17-26(37)29-27(18-33)40-32(31(38)21-11-15-24(39-3)16-12-21)28(29)25-19-36(23-7-5-4-6-8-23)35-30(25)20-9-13-22(34)14-10-20/h4-16,19,28,32H,17-18H2,1-3H3/t28-,32-/m0/s1. The number of para-hydroxylation sites is 1. The molecule has 40 heavy (non-hydrogen) atoms. The Morgan fingerprint density at radius 3 is 2.38 bits per heavy atom. The summed E-state index contributed by atoms with van der Waals surface area (Å²) >= 11 is 3.52. The first kappa shape index (κ1) is 26.3. The lowest BCUT2D eigenvalue weighted by atomic mass is 9.72. The summed E-state index contributed by atoms with van der Waals surface area (Å²) in [6, 6.07) is 24.7. The number of halogens is 1. The number of allylic oxidation sites excluding steroid dienone is 1. The van der Waals surface area contributed by atoms with Gasteiger partial charge in [0.1, 0.15) is 11.5 Å². The molecular weight excluding hydrogens is 568 g/mol. The molecule has 1 aliphatic heterocycles. The van der Waals surface area contributed by atoms with Crippen LogP contribution in [0.1, 0.15) is 48.5 Å². The predicted octanol–water partition coefficient (Wildman–Crippen LogP) is 7.32. The van der Waals surface area contributed by atoms with Crippen molar-refractivity contribution < 1.29 is 19.1 Å². The number of Topliss-reactive ketones (excluding diaryl/α,β-unsaturated/α-hetero) is 2. The Hall–Kier alpha value is -3.97. The molecule has 1 aliphatic carbocycles. The van der Waals surface area contributed by atoms with Gasteiger partial charge in [0.15, 0.2) is 11.9 Å². The second-order valence-corrected chi connectivity index (χ2v) is 12.0. The summed E-state index contributed by atoms with van der Waals surface area (Å²) in [6.07, 6.45) is 2.05. The minimum absolute atomic E-state index is 0.0236. The number of hydrogen-bond donors (Lipinski definition) is 0. The van der Waals surface area contributed by atoms with E-state index in [0.29, 0.717) is 41.2 Å². The molecule has 0 unspecified atom stereocenters. The number of hydrogen-bond acceptors (Lipinski definition) is 5. The highest BCUT2D eigenvalue weighted by Gasteiger charge is 2.50. The fraction of sp³-hybridized carbons (Fsp3) is 0.242. The Bertz CT molecular complexity index is 1620. The molecular formula is C33H29BrN2O4. The van der Waals surface area contributed by atoms with Crippen LogP contribution in [0.15, 0.2) is 101 Å². The number of benzene rings is 3. The van der Waals surface area contributed by atoms with Crippen LogP contribution in [0, 0.1) is 5.41 Å². The molecule has 7 heteroatoms. The van der Waals surface area contributed by atoms with Crippen LogP contribution in [-0.2, 0) is 9.53 Å². The lowest BCUT2D eigenvalue weighted by molar-refractivity contribution is -0.118. The van der Waals surface area contributed by atoms with Crippen LogP contribution >= 0.6 is 15.9 Å². The molecule has 4 aromatic rings. The van der Waals surface area contributed by atoms with Gasteiger partial charge in [0.25, 0.3) is 0 Å². The molecule has 0 fully saturated rings. The highest BCUT2D eigenvalue weighted by molar-refractivity contribution is 9.10. The Morgan fingerprint density at radius 2 is 1.70 bits per heavy atom. The number of aromatic nitrogens is 2. The molecule has 6 rings (SSSR count). The van der Waals surface area contributed by atoms with Gasteiger partial charge in [0, 0.05) is 45.8 Å². The molecule has 202 valence electrons. The Balaban J connectivity index is 1.53. The van der Waals surface area contributed by atoms with Gasteiger partial charge in [0.2, 0.25) is 5.78 Å². The predicted molar refractivity (Wildman–Crippen MR) is 157 cm³/mol. The Labute approximate surface area is 241 Å². The second kappa shape index (κ2) is 10.2. The van der Waals surface area contributed by atoms with Gasteiger partial charge in [-0.05, 0) is 53.9 Å². The van der Waals surface area contributed by atoms with Gasteiger partial charge in [-0.25, -0.2) is 4.68 Å². The summed E-state index contributed by atoms with van der Waals surface area (Å²) in [5.74, 6) is 0.533. The first-order valence-electron chi connectivity index (χ1n) is 13.3. The van der Waals surface area contributed by atoms with Gasteiger partial charge >= 0.3 is 0 Å². The zero-order chi connectivity index (χ0) is 28.0. The van der Waals surface area contributed by atoms with Crippen molar-refractivity contribution >= 4 is 27.5 Å². The van der Waals surface area contributed by atoms with Crippen molar-refractivity contribution in [2.24, 2.45) is 5.41 Å². The third-order valence-corrected chi connectivity index (χ3v) is 8.14. The number of ether oxygens (including phenoxy) is 2. The molecule has 2 aliphatic rings. The first-order chi connectivity index (χ1) is 19.2. The average Bonchev–Trinajstić information content (AvgIpc) is 3.55. The highest BCUT2D eigenvalue weighted by Crippen LogP contribution is 2.51. The lowest BCUT2D eigenvalue weighted by Gasteiger charge is -2.29. The molecule has 2 atom stereocenters. The molecule has 0 saturated heterocycles. The van der Waals surface area contributed by atoms with Gasteiger partial charge < -0.3 is 9.47 Å². The van der Waals surface area contributed by atoms with E-state index in [-0.39, 0.29) is 17.0 Å². The quantitative estimate of drug-likeness (QED) is 0.218. The minimum Gasteiger partial charge on any atom is -0.497 e. The van der Waals surface area contributed by atoms with Gasteiger partial charge in [-0.1, -0.05) is 60.1 Å². The third kappa shape index (κ3) is 4.79. The largest absolute Gasteiger partial charge is 0.497 e. The van der Waals surface area contributed by atoms with E-state index in [0.717, 1.165) is 21.3 Å². The van der Waals surface area contributed by atoms with E-state index < -0.39 is 12.0 Å². The number of carbonyl (C=O) groups excluding carboxylic acids is 2. The van der Waals surface area contributed by atoms with E-state index in [1.54, 1.807) is 31.4 Å². The lowest BCUT2D eigenvalue weighted by Crippen LogP contribution is -2.29. The molecule has 0 amide bonds. The number of carbonyl (C=O) groups is 2. The van der Waals surface area contributed by atoms with Crippen molar-refractivity contribution in [3.63, 3.8) is 0 Å². The molecule has 0 radical (unpaired) electrons. The fourth-order valence-corrected chi connectivity index (χ4v) is 5.97. The summed E-state index contributed by atoms with van der Waals surface area (Å²) in [5, 5.41) is 4.99. The molecule has 0 saturated carbocycles. The van der Waals surface area contributed by atoms with Crippen LogP contribution < -0.4 is 4.74 Å². The van der Waals surface area contributed by atoms with E-state index in [4.69, 9.17) is 14.6 Å². The number of ketones is 2. The Kier molecular flexibility index (Phi) is 6.70. The van der Waals surface area contributed by atoms with Gasteiger partial charge in [0.05, 0.1) is 24.4 Å². The first-order valence-corrected chi connectivity index (χ1v) is 14.1. The molecule has 0 bridgehead atoms. The molecule has 0 N–H and O–H groups in total. The fourth-order valence-electron chi connectivity index (χ4n) is 5.71. The van der Waals surface area contributed by atoms with Crippen molar-refractivity contribution in [3.05, 3.63) is 112 Å². The zero-order valence-corrected chi connectivity index (χ0v) is 24.1. The van der Waals surface area contributed by atoms with Crippen molar-refractivity contribution in [1.82, 2.24) is 9.78 Å². The second-order valence-electron chi connectivity index (χ2n) is 11.1. The van der Waals surface area contributed by atoms with Crippen molar-refractivity contribution in [1.29, 1.82) is 0 Å². The van der Waals surface area contributed by atoms with Crippen molar-refractivity contribution in [3.8, 4) is 22.7 Å². The Morgan fingerprint density at radius 1 is 1.00 bits per heavy atom. The minimum atomic E-state index is -0.890. The van der Waals surface area contributed by atoms with E-state index >= 15 is 0 Å². The summed E-state index contributed by atoms with van der Waals surface area (Å²) < 4.78 is 14.5. The summed E-state index contributed by atoms with van der Waals surface area (Å²) in [4.78, 5) is 27.8. The number of methoxy groups -OCH3 is 1. The topological polar surface area (TPSA) is 70.4 Å².